The second kappa shape index (κ2) is 7.99. The molecular weight excluding hydrogens is 383 g/mol. The maximum absolute atomic E-state index is 12.9. The summed E-state index contributed by atoms with van der Waals surface area (Å²) in [6, 6.07) is 15.7. The molecule has 1 heterocycles. The third-order valence-corrected chi connectivity index (χ3v) is 4.81. The van der Waals surface area contributed by atoms with Crippen molar-refractivity contribution in [2.24, 2.45) is 0 Å². The minimum atomic E-state index is -0.485. The van der Waals surface area contributed by atoms with Gasteiger partial charge in [-0.1, -0.05) is 48.3 Å². The van der Waals surface area contributed by atoms with Gasteiger partial charge in [-0.3, -0.25) is 9.59 Å². The molecule has 1 amide bonds. The number of amides is 1. The Morgan fingerprint density at radius 2 is 1.81 bits per heavy atom. The topological polar surface area (TPSA) is 51.1 Å². The lowest BCUT2D eigenvalue weighted by molar-refractivity contribution is 0.102. The van der Waals surface area contributed by atoms with Gasteiger partial charge in [-0.05, 0) is 43.7 Å². The zero-order valence-electron chi connectivity index (χ0n) is 14.9. The molecule has 0 aliphatic rings. The van der Waals surface area contributed by atoms with Crippen LogP contribution in [-0.2, 0) is 6.42 Å². The molecule has 0 saturated heterocycles. The molecule has 0 bridgehead atoms. The average Bonchev–Trinajstić information content (AvgIpc) is 2.62. The van der Waals surface area contributed by atoms with Crippen LogP contribution in [0.3, 0.4) is 0 Å². The lowest BCUT2D eigenvalue weighted by Crippen LogP contribution is -2.27. The highest BCUT2D eigenvalue weighted by atomic mass is 35.5. The van der Waals surface area contributed by atoms with Gasteiger partial charge in [-0.25, -0.2) is 0 Å². The molecule has 27 heavy (non-hydrogen) atoms. The van der Waals surface area contributed by atoms with Gasteiger partial charge in [-0.15, -0.1) is 0 Å². The Morgan fingerprint density at radius 1 is 1.07 bits per heavy atom. The molecule has 0 unspecified atom stereocenters. The van der Waals surface area contributed by atoms with Crippen LogP contribution in [0.1, 0.15) is 28.7 Å². The number of rotatable bonds is 4. The summed E-state index contributed by atoms with van der Waals surface area (Å²) < 4.78 is 1.88. The number of carbonyl (C=O) groups excluding carboxylic acids is 1. The highest BCUT2D eigenvalue weighted by Crippen LogP contribution is 2.23. The number of halogens is 2. The third-order valence-electron chi connectivity index (χ3n) is 4.25. The smallest absolute Gasteiger partial charge is 0.261 e. The van der Waals surface area contributed by atoms with Crippen LogP contribution < -0.4 is 10.7 Å². The molecule has 0 spiro atoms. The summed E-state index contributed by atoms with van der Waals surface area (Å²) in [6.07, 6.45) is 0.495. The van der Waals surface area contributed by atoms with Crippen LogP contribution in [0, 0.1) is 6.92 Å². The lowest BCUT2D eigenvalue weighted by Gasteiger charge is -2.19. The van der Waals surface area contributed by atoms with E-state index in [2.05, 4.69) is 5.32 Å². The van der Waals surface area contributed by atoms with Crippen LogP contribution >= 0.6 is 23.2 Å². The number of anilines is 1. The van der Waals surface area contributed by atoms with Gasteiger partial charge in [0, 0.05) is 28.2 Å². The number of hydrogen-bond donors (Lipinski definition) is 1. The number of hydrogen-bond acceptors (Lipinski definition) is 2. The van der Waals surface area contributed by atoms with Crippen LogP contribution in [0.5, 0.6) is 0 Å². The Kier molecular flexibility index (Phi) is 5.68. The standard InChI is InChI=1S/C21H18Cl2N2O2/c1-3-18-20(21(27)24-17-10-5-4-9-16(17)23)19(26)11-13(2)25(18)15-8-6-7-14(22)12-15/h4-12H,3H2,1-2H3,(H,24,27). The average molecular weight is 401 g/mol. The summed E-state index contributed by atoms with van der Waals surface area (Å²) in [6.45, 7) is 3.73. The van der Waals surface area contributed by atoms with Crippen molar-refractivity contribution in [3.8, 4) is 5.69 Å². The number of nitrogens with zero attached hydrogens (tertiary/aromatic N) is 1. The number of benzene rings is 2. The first-order valence-corrected chi connectivity index (χ1v) is 9.25. The normalized spacial score (nSPS) is 10.7. The van der Waals surface area contributed by atoms with E-state index in [1.54, 1.807) is 36.4 Å². The molecule has 0 aliphatic carbocycles. The molecule has 0 radical (unpaired) electrons. The summed E-state index contributed by atoms with van der Waals surface area (Å²) in [5.74, 6) is -0.485. The number of carbonyl (C=O) groups is 1. The van der Waals surface area contributed by atoms with Crippen molar-refractivity contribution in [3.05, 3.63) is 91.8 Å². The van der Waals surface area contributed by atoms with E-state index in [1.165, 1.54) is 6.07 Å². The Balaban J connectivity index is 2.16. The van der Waals surface area contributed by atoms with Crippen molar-refractivity contribution < 1.29 is 4.79 Å². The van der Waals surface area contributed by atoms with E-state index in [4.69, 9.17) is 23.2 Å². The van der Waals surface area contributed by atoms with Crippen molar-refractivity contribution >= 4 is 34.8 Å². The van der Waals surface area contributed by atoms with E-state index in [-0.39, 0.29) is 11.0 Å². The molecular formula is C21H18Cl2N2O2. The molecule has 1 N–H and O–H groups in total. The van der Waals surface area contributed by atoms with Crippen molar-refractivity contribution in [3.63, 3.8) is 0 Å². The van der Waals surface area contributed by atoms with Gasteiger partial charge in [0.2, 0.25) is 0 Å². The summed E-state index contributed by atoms with van der Waals surface area (Å²) in [5.41, 5.74) is 2.37. The first-order chi connectivity index (χ1) is 12.9. The summed E-state index contributed by atoms with van der Waals surface area (Å²) in [7, 11) is 0. The second-order valence-electron chi connectivity index (χ2n) is 6.07. The van der Waals surface area contributed by atoms with Crippen LogP contribution in [0.15, 0.2) is 59.4 Å². The molecule has 1 aromatic heterocycles. The fraction of sp³-hybridized carbons (Fsp3) is 0.143. The third kappa shape index (κ3) is 3.92. The van der Waals surface area contributed by atoms with Gasteiger partial charge in [0.25, 0.3) is 5.91 Å². The van der Waals surface area contributed by atoms with E-state index in [0.717, 1.165) is 11.4 Å². The fourth-order valence-electron chi connectivity index (χ4n) is 3.09. The Hall–Kier alpha value is -2.56. The predicted octanol–water partition coefficient (Wildman–Crippen LogP) is 5.27. The molecule has 6 heteroatoms. The maximum atomic E-state index is 12.9. The molecule has 3 aromatic rings. The van der Waals surface area contributed by atoms with Gasteiger partial charge in [0.15, 0.2) is 5.43 Å². The van der Waals surface area contributed by atoms with Crippen molar-refractivity contribution in [1.29, 1.82) is 0 Å². The molecule has 0 saturated carbocycles. The number of nitrogens with one attached hydrogen (secondary N) is 1. The van der Waals surface area contributed by atoms with Gasteiger partial charge >= 0.3 is 0 Å². The zero-order chi connectivity index (χ0) is 19.6. The number of aryl methyl sites for hydroxylation is 1. The Labute approximate surface area is 167 Å². The van der Waals surface area contributed by atoms with E-state index >= 15 is 0 Å². The first-order valence-electron chi connectivity index (χ1n) is 8.49. The molecule has 0 aliphatic heterocycles. The van der Waals surface area contributed by atoms with Crippen LogP contribution in [0.25, 0.3) is 5.69 Å². The summed E-state index contributed by atoms with van der Waals surface area (Å²) >= 11 is 12.3. The lowest BCUT2D eigenvalue weighted by atomic mass is 10.1. The molecule has 3 rings (SSSR count). The SMILES string of the molecule is CCc1c(C(=O)Nc2ccccc2Cl)c(=O)cc(C)n1-c1cccc(Cl)c1. The zero-order valence-corrected chi connectivity index (χ0v) is 16.4. The van der Waals surface area contributed by atoms with Crippen LogP contribution in [0.2, 0.25) is 10.0 Å². The van der Waals surface area contributed by atoms with Crippen LogP contribution in [0.4, 0.5) is 5.69 Å². The quantitative estimate of drug-likeness (QED) is 0.648. The van der Waals surface area contributed by atoms with E-state index < -0.39 is 5.91 Å². The van der Waals surface area contributed by atoms with Crippen molar-refractivity contribution in [1.82, 2.24) is 4.57 Å². The monoisotopic (exact) mass is 400 g/mol. The minimum Gasteiger partial charge on any atom is -0.320 e. The number of pyridine rings is 1. The Morgan fingerprint density at radius 3 is 2.48 bits per heavy atom. The van der Waals surface area contributed by atoms with Crippen molar-refractivity contribution in [2.45, 2.75) is 20.3 Å². The molecule has 0 atom stereocenters. The highest BCUT2D eigenvalue weighted by Gasteiger charge is 2.20. The number of para-hydroxylation sites is 1. The van der Waals surface area contributed by atoms with Gasteiger partial charge < -0.3 is 9.88 Å². The highest BCUT2D eigenvalue weighted by molar-refractivity contribution is 6.34. The number of aromatic nitrogens is 1. The van der Waals surface area contributed by atoms with E-state index in [0.29, 0.717) is 27.8 Å². The minimum absolute atomic E-state index is 0.1000. The Bertz CT molecular complexity index is 1070. The molecule has 4 nitrogen and oxygen atoms in total. The fourth-order valence-corrected chi connectivity index (χ4v) is 3.46. The largest absolute Gasteiger partial charge is 0.320 e. The van der Waals surface area contributed by atoms with Gasteiger partial charge in [0.05, 0.1) is 10.7 Å². The van der Waals surface area contributed by atoms with Crippen molar-refractivity contribution in [2.75, 3.05) is 5.32 Å². The second-order valence-corrected chi connectivity index (χ2v) is 6.92. The van der Waals surface area contributed by atoms with Gasteiger partial charge in [0.1, 0.15) is 5.56 Å². The van der Waals surface area contributed by atoms with E-state index in [1.807, 2.05) is 30.5 Å². The summed E-state index contributed by atoms with van der Waals surface area (Å²) in [4.78, 5) is 25.6. The van der Waals surface area contributed by atoms with Gasteiger partial charge in [-0.2, -0.15) is 0 Å². The summed E-state index contributed by atoms with van der Waals surface area (Å²) in [5, 5.41) is 3.73. The molecule has 2 aromatic carbocycles. The van der Waals surface area contributed by atoms with E-state index in [9.17, 15) is 9.59 Å². The maximum Gasteiger partial charge on any atom is 0.261 e. The predicted molar refractivity (Wildman–Crippen MR) is 111 cm³/mol. The van der Waals surface area contributed by atoms with Crippen LogP contribution in [-0.4, -0.2) is 10.5 Å². The first kappa shape index (κ1) is 19.2. The molecule has 0 fully saturated rings. The molecule has 138 valence electrons.